The van der Waals surface area contributed by atoms with Gasteiger partial charge in [-0.1, -0.05) is 23.9 Å². The number of hydrogen-bond donors (Lipinski definition) is 1. The van der Waals surface area contributed by atoms with Gasteiger partial charge in [0.05, 0.1) is 7.11 Å². The fourth-order valence-corrected chi connectivity index (χ4v) is 2.46. The average Bonchev–Trinajstić information content (AvgIpc) is 2.36. The molecule has 0 saturated carbocycles. The zero-order valence-electron chi connectivity index (χ0n) is 9.94. The van der Waals surface area contributed by atoms with Crippen LogP contribution < -0.4 is 10.5 Å². The first-order chi connectivity index (χ1) is 8.20. The molecule has 0 aromatic heterocycles. The Bertz CT molecular complexity index is 508. The van der Waals surface area contributed by atoms with Gasteiger partial charge in [-0.05, 0) is 42.8 Å². The predicted molar refractivity (Wildman–Crippen MR) is 72.7 cm³/mol. The lowest BCUT2D eigenvalue weighted by Gasteiger charge is -2.08. The van der Waals surface area contributed by atoms with Crippen LogP contribution >= 0.6 is 11.8 Å². The van der Waals surface area contributed by atoms with E-state index in [-0.39, 0.29) is 0 Å². The molecule has 2 aromatic carbocycles. The molecule has 0 fully saturated rings. The molecule has 3 heteroatoms. The average molecular weight is 245 g/mol. The van der Waals surface area contributed by atoms with Crippen LogP contribution in [0.1, 0.15) is 5.56 Å². The van der Waals surface area contributed by atoms with Crippen molar-refractivity contribution >= 4 is 17.4 Å². The smallest absolute Gasteiger partial charge is 0.118 e. The second-order valence-corrected chi connectivity index (χ2v) is 4.88. The Hall–Kier alpha value is -1.61. The van der Waals surface area contributed by atoms with Gasteiger partial charge in [0.1, 0.15) is 5.75 Å². The summed E-state index contributed by atoms with van der Waals surface area (Å²) >= 11 is 1.67. The number of para-hydroxylation sites is 1. The van der Waals surface area contributed by atoms with Gasteiger partial charge in [-0.15, -0.1) is 0 Å². The molecule has 0 radical (unpaired) electrons. The van der Waals surface area contributed by atoms with Gasteiger partial charge in [0, 0.05) is 15.5 Å². The molecular formula is C14H15NOS. The fourth-order valence-electron chi connectivity index (χ4n) is 1.51. The van der Waals surface area contributed by atoms with E-state index in [0.717, 1.165) is 26.8 Å². The molecule has 0 heterocycles. The first-order valence-electron chi connectivity index (χ1n) is 5.37. The predicted octanol–water partition coefficient (Wildman–Crippen LogP) is 3.74. The molecule has 0 atom stereocenters. The van der Waals surface area contributed by atoms with Crippen molar-refractivity contribution in [2.75, 3.05) is 12.8 Å². The van der Waals surface area contributed by atoms with E-state index in [1.165, 1.54) is 0 Å². The molecule has 88 valence electrons. The largest absolute Gasteiger partial charge is 0.497 e. The van der Waals surface area contributed by atoms with E-state index in [0.29, 0.717) is 0 Å². The highest BCUT2D eigenvalue weighted by atomic mass is 32.2. The molecule has 0 saturated heterocycles. The van der Waals surface area contributed by atoms with Crippen molar-refractivity contribution in [1.82, 2.24) is 0 Å². The lowest BCUT2D eigenvalue weighted by molar-refractivity contribution is 0.414. The second-order valence-electron chi connectivity index (χ2n) is 3.76. The van der Waals surface area contributed by atoms with E-state index in [9.17, 15) is 0 Å². The number of hydrogen-bond acceptors (Lipinski definition) is 3. The standard InChI is InChI=1S/C14H15NOS/c1-10-4-3-5-13(14(10)15)17-12-8-6-11(16-2)7-9-12/h3-9H,15H2,1-2H3. The SMILES string of the molecule is COc1ccc(Sc2cccc(C)c2N)cc1. The van der Waals surface area contributed by atoms with Crippen molar-refractivity contribution in [2.45, 2.75) is 16.7 Å². The van der Waals surface area contributed by atoms with Gasteiger partial charge in [0.2, 0.25) is 0 Å². The maximum absolute atomic E-state index is 6.04. The zero-order chi connectivity index (χ0) is 12.3. The van der Waals surface area contributed by atoms with Crippen LogP contribution in [0.25, 0.3) is 0 Å². The minimum Gasteiger partial charge on any atom is -0.497 e. The van der Waals surface area contributed by atoms with E-state index in [1.807, 2.05) is 49.4 Å². The molecule has 0 bridgehead atoms. The Balaban J connectivity index is 2.22. The van der Waals surface area contributed by atoms with Gasteiger partial charge < -0.3 is 10.5 Å². The highest BCUT2D eigenvalue weighted by Gasteiger charge is 2.03. The van der Waals surface area contributed by atoms with E-state index < -0.39 is 0 Å². The van der Waals surface area contributed by atoms with Gasteiger partial charge >= 0.3 is 0 Å². The molecule has 0 aliphatic rings. The lowest BCUT2D eigenvalue weighted by atomic mass is 10.2. The Labute approximate surface area is 106 Å². The van der Waals surface area contributed by atoms with Crippen LogP contribution in [-0.4, -0.2) is 7.11 Å². The summed E-state index contributed by atoms with van der Waals surface area (Å²) in [4.78, 5) is 2.25. The van der Waals surface area contributed by atoms with Gasteiger partial charge in [-0.2, -0.15) is 0 Å². The van der Waals surface area contributed by atoms with Crippen LogP contribution in [-0.2, 0) is 0 Å². The molecule has 0 amide bonds. The van der Waals surface area contributed by atoms with Gasteiger partial charge in [-0.3, -0.25) is 0 Å². The Morgan fingerprint density at radius 1 is 1.06 bits per heavy atom. The summed E-state index contributed by atoms with van der Waals surface area (Å²) in [6.45, 7) is 2.02. The fraction of sp³-hybridized carbons (Fsp3) is 0.143. The molecule has 2 aromatic rings. The van der Waals surface area contributed by atoms with Crippen LogP contribution in [0.5, 0.6) is 5.75 Å². The lowest BCUT2D eigenvalue weighted by Crippen LogP contribution is -1.91. The first kappa shape index (κ1) is 11.9. The van der Waals surface area contributed by atoms with E-state index in [4.69, 9.17) is 10.5 Å². The summed E-state index contributed by atoms with van der Waals surface area (Å²) < 4.78 is 5.13. The molecule has 2 N–H and O–H groups in total. The number of rotatable bonds is 3. The summed E-state index contributed by atoms with van der Waals surface area (Å²) in [7, 11) is 1.67. The topological polar surface area (TPSA) is 35.2 Å². The number of anilines is 1. The highest BCUT2D eigenvalue weighted by Crippen LogP contribution is 2.34. The van der Waals surface area contributed by atoms with E-state index in [1.54, 1.807) is 18.9 Å². The van der Waals surface area contributed by atoms with E-state index in [2.05, 4.69) is 0 Å². The summed E-state index contributed by atoms with van der Waals surface area (Å²) in [6, 6.07) is 14.1. The maximum atomic E-state index is 6.04. The van der Waals surface area contributed by atoms with Crippen LogP contribution in [0.3, 0.4) is 0 Å². The second kappa shape index (κ2) is 5.15. The van der Waals surface area contributed by atoms with E-state index >= 15 is 0 Å². The third kappa shape index (κ3) is 2.74. The van der Waals surface area contributed by atoms with Crippen LogP contribution in [0.15, 0.2) is 52.3 Å². The molecule has 2 rings (SSSR count). The molecule has 0 aliphatic heterocycles. The molecule has 17 heavy (non-hydrogen) atoms. The monoisotopic (exact) mass is 245 g/mol. The molecule has 0 spiro atoms. The van der Waals surface area contributed by atoms with Crippen molar-refractivity contribution in [3.05, 3.63) is 48.0 Å². The van der Waals surface area contributed by atoms with Crippen molar-refractivity contribution in [2.24, 2.45) is 0 Å². The quantitative estimate of drug-likeness (QED) is 0.837. The van der Waals surface area contributed by atoms with Crippen molar-refractivity contribution in [1.29, 1.82) is 0 Å². The van der Waals surface area contributed by atoms with Crippen LogP contribution in [0.2, 0.25) is 0 Å². The number of benzene rings is 2. The van der Waals surface area contributed by atoms with Gasteiger partial charge in [0.25, 0.3) is 0 Å². The number of methoxy groups -OCH3 is 1. The minimum atomic E-state index is 0.855. The molecule has 0 aliphatic carbocycles. The third-order valence-electron chi connectivity index (χ3n) is 2.57. The molecule has 0 unspecified atom stereocenters. The van der Waals surface area contributed by atoms with Crippen LogP contribution in [0.4, 0.5) is 5.69 Å². The highest BCUT2D eigenvalue weighted by molar-refractivity contribution is 7.99. The zero-order valence-corrected chi connectivity index (χ0v) is 10.8. The molecule has 2 nitrogen and oxygen atoms in total. The normalized spacial score (nSPS) is 10.2. The number of nitrogens with two attached hydrogens (primary N) is 1. The Morgan fingerprint density at radius 3 is 2.41 bits per heavy atom. The van der Waals surface area contributed by atoms with Crippen molar-refractivity contribution in [3.63, 3.8) is 0 Å². The summed E-state index contributed by atoms with van der Waals surface area (Å²) in [5, 5.41) is 0. The summed E-state index contributed by atoms with van der Waals surface area (Å²) in [6.07, 6.45) is 0. The summed E-state index contributed by atoms with van der Waals surface area (Å²) in [5.74, 6) is 0.867. The van der Waals surface area contributed by atoms with Crippen molar-refractivity contribution < 1.29 is 4.74 Å². The van der Waals surface area contributed by atoms with Gasteiger partial charge in [-0.25, -0.2) is 0 Å². The minimum absolute atomic E-state index is 0.855. The third-order valence-corrected chi connectivity index (χ3v) is 3.66. The first-order valence-corrected chi connectivity index (χ1v) is 6.19. The maximum Gasteiger partial charge on any atom is 0.118 e. The number of nitrogen functional groups attached to an aromatic ring is 1. The number of ether oxygens (including phenoxy) is 1. The number of aryl methyl sites for hydroxylation is 1. The van der Waals surface area contributed by atoms with Crippen molar-refractivity contribution in [3.8, 4) is 5.75 Å². The Morgan fingerprint density at radius 2 is 1.76 bits per heavy atom. The Kier molecular flexibility index (Phi) is 3.59. The molecular weight excluding hydrogens is 230 g/mol. The van der Waals surface area contributed by atoms with Gasteiger partial charge in [0.15, 0.2) is 0 Å². The van der Waals surface area contributed by atoms with Crippen LogP contribution in [0, 0.1) is 6.92 Å². The summed E-state index contributed by atoms with van der Waals surface area (Å²) in [5.41, 5.74) is 8.01.